The van der Waals surface area contributed by atoms with E-state index >= 15 is 0 Å². The van der Waals surface area contributed by atoms with Gasteiger partial charge in [-0.25, -0.2) is 9.97 Å². The summed E-state index contributed by atoms with van der Waals surface area (Å²) in [5.41, 5.74) is 1.06. The fourth-order valence-electron chi connectivity index (χ4n) is 3.69. The van der Waals surface area contributed by atoms with Crippen LogP contribution in [0.5, 0.6) is 11.5 Å². The first-order chi connectivity index (χ1) is 15.2. The topological polar surface area (TPSA) is 93.6 Å². The molecule has 0 atom stereocenters. The lowest BCUT2D eigenvalue weighted by Gasteiger charge is -2.19. The molecule has 2 N–H and O–H groups in total. The summed E-state index contributed by atoms with van der Waals surface area (Å²) in [6.07, 6.45) is 1.14. The van der Waals surface area contributed by atoms with Crippen molar-refractivity contribution in [3.05, 3.63) is 53.9 Å². The van der Waals surface area contributed by atoms with E-state index in [9.17, 15) is 4.79 Å². The molecule has 0 saturated carbocycles. The van der Waals surface area contributed by atoms with E-state index in [1.54, 1.807) is 11.3 Å². The van der Waals surface area contributed by atoms with Gasteiger partial charge < -0.3 is 19.9 Å². The maximum absolute atomic E-state index is 10.9. The molecule has 0 spiro atoms. The molecule has 0 fully saturated rings. The highest BCUT2D eigenvalue weighted by Crippen LogP contribution is 2.37. The highest BCUT2D eigenvalue weighted by molar-refractivity contribution is 7.25. The van der Waals surface area contributed by atoms with Gasteiger partial charge in [0.1, 0.15) is 29.7 Å². The maximum atomic E-state index is 10.9. The predicted octanol–water partition coefficient (Wildman–Crippen LogP) is 4.64. The molecular weight excluding hydrogens is 414 g/mol. The molecule has 2 aromatic heterocycles. The zero-order chi connectivity index (χ0) is 21.2. The molecule has 158 valence electrons. The molecule has 0 unspecified atom stereocenters. The second-order valence-corrected chi connectivity index (χ2v) is 8.38. The molecule has 5 rings (SSSR count). The Labute approximate surface area is 182 Å². The Morgan fingerprint density at radius 2 is 1.94 bits per heavy atom. The van der Waals surface area contributed by atoms with Crippen LogP contribution in [0.3, 0.4) is 0 Å². The molecular formula is C23H21N3O4S. The van der Waals surface area contributed by atoms with E-state index in [0.29, 0.717) is 38.4 Å². The molecule has 0 saturated heterocycles. The number of carboxylic acid groups (broad SMARTS) is 1. The van der Waals surface area contributed by atoms with E-state index in [2.05, 4.69) is 17.4 Å². The van der Waals surface area contributed by atoms with Crippen LogP contribution in [0.15, 0.2) is 42.5 Å². The highest BCUT2D eigenvalue weighted by Gasteiger charge is 2.16. The van der Waals surface area contributed by atoms with Crippen molar-refractivity contribution in [2.75, 3.05) is 18.5 Å². The van der Waals surface area contributed by atoms with E-state index in [4.69, 9.17) is 24.5 Å². The summed E-state index contributed by atoms with van der Waals surface area (Å²) in [6.45, 7) is 1.69. The summed E-state index contributed by atoms with van der Waals surface area (Å²) in [4.78, 5) is 21.3. The monoisotopic (exact) mass is 435 g/mol. The molecule has 2 aromatic carbocycles. The van der Waals surface area contributed by atoms with Gasteiger partial charge in [-0.05, 0) is 30.2 Å². The van der Waals surface area contributed by atoms with Crippen molar-refractivity contribution in [3.63, 3.8) is 0 Å². The lowest BCUT2D eigenvalue weighted by atomic mass is 10.1. The minimum absolute atomic E-state index is 0.105. The number of rotatable bonds is 7. The van der Waals surface area contributed by atoms with Crippen LogP contribution in [0.4, 0.5) is 5.82 Å². The summed E-state index contributed by atoms with van der Waals surface area (Å²) in [5.74, 6) is 2.14. The van der Waals surface area contributed by atoms with Gasteiger partial charge in [0.05, 0.1) is 5.39 Å². The Morgan fingerprint density at radius 3 is 2.81 bits per heavy atom. The minimum atomic E-state index is -0.806. The molecule has 1 aliphatic heterocycles. The third kappa shape index (κ3) is 4.11. The zero-order valence-electron chi connectivity index (χ0n) is 16.8. The van der Waals surface area contributed by atoms with Gasteiger partial charge in [-0.1, -0.05) is 24.3 Å². The number of aromatic nitrogens is 2. The van der Waals surface area contributed by atoms with Crippen LogP contribution in [0, 0.1) is 0 Å². The predicted molar refractivity (Wildman–Crippen MR) is 120 cm³/mol. The van der Waals surface area contributed by atoms with Crippen molar-refractivity contribution < 1.29 is 19.4 Å². The molecule has 0 amide bonds. The van der Waals surface area contributed by atoms with Gasteiger partial charge in [-0.3, -0.25) is 4.79 Å². The number of anilines is 1. The third-order valence-electron chi connectivity index (χ3n) is 5.14. The number of nitrogens with one attached hydrogen (secondary N) is 1. The number of hydrogen-bond donors (Lipinski definition) is 2. The summed E-state index contributed by atoms with van der Waals surface area (Å²) in [7, 11) is 0. The molecule has 4 aromatic rings. The maximum Gasteiger partial charge on any atom is 0.303 e. The van der Waals surface area contributed by atoms with Gasteiger partial charge in [0.2, 0.25) is 0 Å². The lowest BCUT2D eigenvalue weighted by Crippen LogP contribution is -2.15. The molecule has 0 bridgehead atoms. The van der Waals surface area contributed by atoms with Crippen LogP contribution in [-0.2, 0) is 17.8 Å². The standard InChI is InChI=1S/C23H21N3O4S/c27-20(28)7-3-6-19-25-22(21-15-4-1-2-5-18(15)31-23(21)26-19)24-13-14-8-9-16-17(12-14)30-11-10-29-16/h1-2,4-5,8-9,12H,3,6-7,10-11,13H2,(H,27,28)(H,24,25,26). The molecule has 0 aliphatic carbocycles. The third-order valence-corrected chi connectivity index (χ3v) is 6.21. The number of hydrogen-bond acceptors (Lipinski definition) is 7. The Morgan fingerprint density at radius 1 is 1.10 bits per heavy atom. The zero-order valence-corrected chi connectivity index (χ0v) is 17.6. The van der Waals surface area contributed by atoms with Crippen molar-refractivity contribution in [2.24, 2.45) is 0 Å². The lowest BCUT2D eigenvalue weighted by molar-refractivity contribution is -0.137. The quantitative estimate of drug-likeness (QED) is 0.437. The van der Waals surface area contributed by atoms with Crippen molar-refractivity contribution in [3.8, 4) is 11.5 Å². The van der Waals surface area contributed by atoms with Crippen molar-refractivity contribution >= 4 is 43.4 Å². The van der Waals surface area contributed by atoms with Crippen LogP contribution < -0.4 is 14.8 Å². The van der Waals surface area contributed by atoms with Gasteiger partial charge in [0, 0.05) is 29.5 Å². The fourth-order valence-corrected chi connectivity index (χ4v) is 4.78. The summed E-state index contributed by atoms with van der Waals surface area (Å²) in [5, 5.41) is 14.5. The van der Waals surface area contributed by atoms with Crippen molar-refractivity contribution in [1.82, 2.24) is 9.97 Å². The molecule has 1 aliphatic rings. The number of aliphatic carboxylic acids is 1. The Kier molecular flexibility index (Phi) is 5.30. The molecule has 7 nitrogen and oxygen atoms in total. The number of aryl methyl sites for hydroxylation is 1. The van der Waals surface area contributed by atoms with Gasteiger partial charge >= 0.3 is 5.97 Å². The van der Waals surface area contributed by atoms with Gasteiger partial charge in [-0.2, -0.15) is 0 Å². The van der Waals surface area contributed by atoms with Gasteiger partial charge in [-0.15, -0.1) is 11.3 Å². The van der Waals surface area contributed by atoms with Crippen molar-refractivity contribution in [1.29, 1.82) is 0 Å². The number of nitrogens with zero attached hydrogens (tertiary/aromatic N) is 2. The fraction of sp³-hybridized carbons (Fsp3) is 0.261. The van der Waals surface area contributed by atoms with Gasteiger partial charge in [0.15, 0.2) is 11.5 Å². The smallest absolute Gasteiger partial charge is 0.303 e. The van der Waals surface area contributed by atoms with E-state index < -0.39 is 5.97 Å². The number of carbonyl (C=O) groups is 1. The van der Waals surface area contributed by atoms with Crippen LogP contribution in [0.25, 0.3) is 20.3 Å². The number of ether oxygens (including phenoxy) is 2. The summed E-state index contributed by atoms with van der Waals surface area (Å²) < 4.78 is 12.4. The van der Waals surface area contributed by atoms with E-state index in [1.165, 1.54) is 0 Å². The Hall–Kier alpha value is -3.39. The number of benzene rings is 2. The Bertz CT molecular complexity index is 1270. The molecule has 3 heterocycles. The summed E-state index contributed by atoms with van der Waals surface area (Å²) in [6, 6.07) is 14.1. The van der Waals surface area contributed by atoms with Crippen LogP contribution >= 0.6 is 11.3 Å². The summed E-state index contributed by atoms with van der Waals surface area (Å²) >= 11 is 1.63. The first kappa shape index (κ1) is 19.6. The van der Waals surface area contributed by atoms with Crippen LogP contribution in [0.1, 0.15) is 24.2 Å². The second-order valence-electron chi connectivity index (χ2n) is 7.35. The largest absolute Gasteiger partial charge is 0.486 e. The van der Waals surface area contributed by atoms with E-state index in [-0.39, 0.29) is 6.42 Å². The molecule has 8 heteroatoms. The minimum Gasteiger partial charge on any atom is -0.486 e. The SMILES string of the molecule is O=C(O)CCCc1nc(NCc2ccc3c(c2)OCCO3)c2c(n1)sc1ccccc12. The number of thiophene rings is 1. The molecule has 31 heavy (non-hydrogen) atoms. The average molecular weight is 436 g/mol. The van der Waals surface area contributed by atoms with Crippen LogP contribution in [0.2, 0.25) is 0 Å². The highest BCUT2D eigenvalue weighted by atomic mass is 32.1. The Balaban J connectivity index is 1.47. The number of fused-ring (bicyclic) bond motifs is 4. The molecule has 0 radical (unpaired) electrons. The van der Waals surface area contributed by atoms with Crippen molar-refractivity contribution in [2.45, 2.75) is 25.8 Å². The first-order valence-electron chi connectivity index (χ1n) is 10.2. The second kappa shape index (κ2) is 8.39. The van der Waals surface area contributed by atoms with E-state index in [1.807, 2.05) is 30.3 Å². The first-order valence-corrected chi connectivity index (χ1v) is 11.0. The van der Waals surface area contributed by atoms with E-state index in [0.717, 1.165) is 43.2 Å². The normalized spacial score (nSPS) is 12.9. The number of carboxylic acids is 1. The average Bonchev–Trinajstić information content (AvgIpc) is 3.15. The van der Waals surface area contributed by atoms with Gasteiger partial charge in [0.25, 0.3) is 0 Å². The van der Waals surface area contributed by atoms with Crippen LogP contribution in [-0.4, -0.2) is 34.3 Å².